The van der Waals surface area contributed by atoms with Gasteiger partial charge in [-0.25, -0.2) is 17.7 Å². The first-order valence-electron chi connectivity index (χ1n) is 11.0. The predicted octanol–water partition coefficient (Wildman–Crippen LogP) is 2.70. The minimum absolute atomic E-state index is 0.0445. The molecular formula is C24H28FN3O4S. The number of para-hydroxylation sites is 1. The topological polar surface area (TPSA) is 78.0 Å². The molecular weight excluding hydrogens is 445 g/mol. The number of halogens is 1. The Morgan fingerprint density at radius 3 is 2.06 bits per heavy atom. The fourth-order valence-corrected chi connectivity index (χ4v) is 6.74. The number of aryl methyl sites for hydroxylation is 2. The molecule has 9 heteroatoms. The van der Waals surface area contributed by atoms with Gasteiger partial charge in [0.15, 0.2) is 0 Å². The third-order valence-electron chi connectivity index (χ3n) is 6.83. The molecule has 0 aliphatic carbocycles. The minimum atomic E-state index is -3.70. The number of benzene rings is 2. The molecule has 2 saturated heterocycles. The summed E-state index contributed by atoms with van der Waals surface area (Å²) in [5, 5.41) is 0. The second-order valence-corrected chi connectivity index (χ2v) is 10.6. The molecule has 0 bridgehead atoms. The van der Waals surface area contributed by atoms with Crippen molar-refractivity contribution in [2.24, 2.45) is 0 Å². The number of sulfonamides is 1. The minimum Gasteiger partial charge on any atom is -0.289 e. The molecule has 2 aromatic carbocycles. The van der Waals surface area contributed by atoms with E-state index >= 15 is 0 Å². The Kier molecular flexibility index (Phi) is 6.15. The van der Waals surface area contributed by atoms with Gasteiger partial charge in [0.2, 0.25) is 15.9 Å². The second-order valence-electron chi connectivity index (χ2n) is 8.77. The standard InChI is InChI=1S/C24H28FN3O4S/c1-15-13-16(2)18(4)23(17(15)3)33(31,32)27-11-9-26(10-12-27)21-14-22(29)28(24(21)30)20-8-6-5-7-19(20)25/h5-8,13,21H,9-12,14H2,1-4H3/t21-/m0/s1. The van der Waals surface area contributed by atoms with E-state index in [-0.39, 0.29) is 25.2 Å². The van der Waals surface area contributed by atoms with Gasteiger partial charge in [-0.3, -0.25) is 14.5 Å². The molecule has 1 atom stereocenters. The molecule has 2 amide bonds. The first-order chi connectivity index (χ1) is 15.5. The molecule has 2 fully saturated rings. The van der Waals surface area contributed by atoms with Crippen LogP contribution in [0.2, 0.25) is 0 Å². The first kappa shape index (κ1) is 23.5. The number of rotatable bonds is 4. The number of carbonyl (C=O) groups is 2. The average molecular weight is 474 g/mol. The van der Waals surface area contributed by atoms with E-state index in [1.54, 1.807) is 6.07 Å². The largest absolute Gasteiger partial charge is 0.289 e. The zero-order chi connectivity index (χ0) is 24.1. The number of carbonyl (C=O) groups excluding carboxylic acids is 2. The summed E-state index contributed by atoms with van der Waals surface area (Å²) in [6, 6.07) is 6.97. The number of nitrogens with zero attached hydrogens (tertiary/aromatic N) is 3. The lowest BCUT2D eigenvalue weighted by atomic mass is 10.0. The van der Waals surface area contributed by atoms with Crippen molar-refractivity contribution in [1.29, 1.82) is 0 Å². The molecule has 2 aliphatic heterocycles. The highest BCUT2D eigenvalue weighted by atomic mass is 32.2. The maximum absolute atomic E-state index is 14.2. The number of imide groups is 1. The Bertz CT molecular complexity index is 1210. The highest BCUT2D eigenvalue weighted by molar-refractivity contribution is 7.89. The van der Waals surface area contributed by atoms with E-state index in [2.05, 4.69) is 0 Å². The third kappa shape index (κ3) is 3.98. The quantitative estimate of drug-likeness (QED) is 0.638. The maximum Gasteiger partial charge on any atom is 0.251 e. The molecule has 0 radical (unpaired) electrons. The SMILES string of the molecule is Cc1cc(C)c(C)c(S(=O)(=O)N2CCN([C@H]3CC(=O)N(c4ccccc4F)C3=O)CC2)c1C. The molecule has 0 aromatic heterocycles. The van der Waals surface area contributed by atoms with E-state index < -0.39 is 33.7 Å². The summed E-state index contributed by atoms with van der Waals surface area (Å²) in [7, 11) is -3.70. The summed E-state index contributed by atoms with van der Waals surface area (Å²) in [4.78, 5) is 28.6. The fourth-order valence-electron chi connectivity index (χ4n) is 4.74. The van der Waals surface area contributed by atoms with Crippen LogP contribution in [0.1, 0.15) is 28.7 Å². The maximum atomic E-state index is 14.2. The molecule has 2 heterocycles. The lowest BCUT2D eigenvalue weighted by Gasteiger charge is -2.36. The van der Waals surface area contributed by atoms with Crippen LogP contribution < -0.4 is 4.90 Å². The van der Waals surface area contributed by atoms with Crippen molar-refractivity contribution >= 4 is 27.5 Å². The Balaban J connectivity index is 1.52. The van der Waals surface area contributed by atoms with Crippen molar-refractivity contribution in [2.45, 2.75) is 45.1 Å². The lowest BCUT2D eigenvalue weighted by Crippen LogP contribution is -2.53. The van der Waals surface area contributed by atoms with Gasteiger partial charge >= 0.3 is 0 Å². The smallest absolute Gasteiger partial charge is 0.251 e. The summed E-state index contributed by atoms with van der Waals surface area (Å²) in [5.41, 5.74) is 3.31. The van der Waals surface area contributed by atoms with Crippen molar-refractivity contribution in [3.05, 3.63) is 58.4 Å². The number of hydrogen-bond acceptors (Lipinski definition) is 5. The molecule has 0 spiro atoms. The Morgan fingerprint density at radius 1 is 0.909 bits per heavy atom. The van der Waals surface area contributed by atoms with E-state index in [0.29, 0.717) is 18.0 Å². The molecule has 2 aliphatic rings. The highest BCUT2D eigenvalue weighted by Crippen LogP contribution is 2.31. The van der Waals surface area contributed by atoms with E-state index in [1.807, 2.05) is 38.7 Å². The van der Waals surface area contributed by atoms with Crippen LogP contribution >= 0.6 is 0 Å². The number of anilines is 1. The summed E-state index contributed by atoms with van der Waals surface area (Å²) >= 11 is 0. The van der Waals surface area contributed by atoms with Gasteiger partial charge in [-0.15, -0.1) is 0 Å². The molecule has 176 valence electrons. The summed E-state index contributed by atoms with van der Waals surface area (Å²) < 4.78 is 42.6. The zero-order valence-electron chi connectivity index (χ0n) is 19.3. The highest BCUT2D eigenvalue weighted by Gasteiger charge is 2.45. The third-order valence-corrected chi connectivity index (χ3v) is 9.00. The van der Waals surface area contributed by atoms with E-state index in [0.717, 1.165) is 27.2 Å². The molecule has 0 unspecified atom stereocenters. The molecule has 0 saturated carbocycles. The first-order valence-corrected chi connectivity index (χ1v) is 12.4. The van der Waals surface area contributed by atoms with Crippen LogP contribution in [-0.2, 0) is 19.6 Å². The van der Waals surface area contributed by atoms with Gasteiger partial charge in [-0.05, 0) is 62.1 Å². The van der Waals surface area contributed by atoms with Gasteiger partial charge in [0, 0.05) is 26.2 Å². The molecule has 0 N–H and O–H groups in total. The van der Waals surface area contributed by atoms with Crippen molar-refractivity contribution in [3.8, 4) is 0 Å². The van der Waals surface area contributed by atoms with Crippen molar-refractivity contribution in [1.82, 2.24) is 9.21 Å². The van der Waals surface area contributed by atoms with Gasteiger partial charge in [0.05, 0.1) is 23.0 Å². The molecule has 7 nitrogen and oxygen atoms in total. The number of piperazine rings is 1. The van der Waals surface area contributed by atoms with Gasteiger partial charge in [-0.1, -0.05) is 18.2 Å². The normalized spacial score (nSPS) is 20.6. The van der Waals surface area contributed by atoms with Crippen LogP contribution in [0.3, 0.4) is 0 Å². The summed E-state index contributed by atoms with van der Waals surface area (Å²) in [6.45, 7) is 8.52. The van der Waals surface area contributed by atoms with Crippen LogP contribution in [0.4, 0.5) is 10.1 Å². The van der Waals surface area contributed by atoms with Gasteiger partial charge in [-0.2, -0.15) is 4.31 Å². The number of hydrogen-bond donors (Lipinski definition) is 0. The summed E-state index contributed by atoms with van der Waals surface area (Å²) in [5.74, 6) is -1.55. The molecule has 4 rings (SSSR count). The van der Waals surface area contributed by atoms with Crippen molar-refractivity contribution < 1.29 is 22.4 Å². The average Bonchev–Trinajstić information content (AvgIpc) is 3.07. The second kappa shape index (κ2) is 8.62. The van der Waals surface area contributed by atoms with Gasteiger partial charge < -0.3 is 0 Å². The van der Waals surface area contributed by atoms with Gasteiger partial charge in [0.1, 0.15) is 5.82 Å². The van der Waals surface area contributed by atoms with Crippen LogP contribution in [0, 0.1) is 33.5 Å². The van der Waals surface area contributed by atoms with Gasteiger partial charge in [0.25, 0.3) is 5.91 Å². The Hall–Kier alpha value is -2.62. The monoisotopic (exact) mass is 473 g/mol. The van der Waals surface area contributed by atoms with Crippen LogP contribution in [0.15, 0.2) is 35.2 Å². The van der Waals surface area contributed by atoms with Crippen molar-refractivity contribution in [2.75, 3.05) is 31.1 Å². The van der Waals surface area contributed by atoms with E-state index in [9.17, 15) is 22.4 Å². The fraction of sp³-hybridized carbons (Fsp3) is 0.417. The van der Waals surface area contributed by atoms with Crippen molar-refractivity contribution in [3.63, 3.8) is 0 Å². The van der Waals surface area contributed by atoms with Crippen LogP contribution in [0.25, 0.3) is 0 Å². The molecule has 33 heavy (non-hydrogen) atoms. The Morgan fingerprint density at radius 2 is 1.48 bits per heavy atom. The number of amides is 2. The van der Waals surface area contributed by atoms with E-state index in [4.69, 9.17) is 0 Å². The van der Waals surface area contributed by atoms with Crippen LogP contribution in [0.5, 0.6) is 0 Å². The van der Waals surface area contributed by atoms with Crippen LogP contribution in [-0.4, -0.2) is 61.7 Å². The summed E-state index contributed by atoms with van der Waals surface area (Å²) in [6.07, 6.45) is -0.0464. The van der Waals surface area contributed by atoms with E-state index in [1.165, 1.54) is 22.5 Å². The zero-order valence-corrected chi connectivity index (χ0v) is 20.1. The lowest BCUT2D eigenvalue weighted by molar-refractivity contribution is -0.123. The predicted molar refractivity (Wildman–Crippen MR) is 123 cm³/mol. The Labute approximate surface area is 193 Å². The molecule has 2 aromatic rings.